The van der Waals surface area contributed by atoms with Gasteiger partial charge in [-0.2, -0.15) is 5.10 Å². The molecule has 0 unspecified atom stereocenters. The molecule has 0 radical (unpaired) electrons. The van der Waals surface area contributed by atoms with Gasteiger partial charge in [0.05, 0.1) is 5.69 Å². The second kappa shape index (κ2) is 3.85. The summed E-state index contributed by atoms with van der Waals surface area (Å²) < 4.78 is 1.53. The molecule has 1 aliphatic heterocycles. The molecule has 0 saturated carbocycles. The van der Waals surface area contributed by atoms with Gasteiger partial charge in [-0.1, -0.05) is 0 Å². The van der Waals surface area contributed by atoms with Crippen molar-refractivity contribution in [3.8, 4) is 0 Å². The van der Waals surface area contributed by atoms with Gasteiger partial charge in [-0.05, 0) is 19.1 Å². The van der Waals surface area contributed by atoms with Crippen LogP contribution in [0.1, 0.15) is 5.69 Å². The van der Waals surface area contributed by atoms with Gasteiger partial charge in [0, 0.05) is 7.05 Å². The molecule has 2 rings (SSSR count). The van der Waals surface area contributed by atoms with Gasteiger partial charge in [0.25, 0.3) is 0 Å². The van der Waals surface area contributed by atoms with E-state index in [4.69, 9.17) is 11.5 Å². The standard InChI is InChI=1S/C10H12N6O/c1-5-8(10(12)16(2)15-5)13-7-4-3-6(17)9(11)14-7/h3-4H,12H2,1-2H3,(H2,11,13,14). The summed E-state index contributed by atoms with van der Waals surface area (Å²) in [5.41, 5.74) is 12.5. The Labute approximate surface area is 97.5 Å². The predicted molar refractivity (Wildman–Crippen MR) is 65.2 cm³/mol. The molecule has 2 heterocycles. The minimum atomic E-state index is -0.320. The Hall–Kier alpha value is -2.44. The molecular weight excluding hydrogens is 220 g/mol. The van der Waals surface area contributed by atoms with Crippen molar-refractivity contribution in [2.45, 2.75) is 6.92 Å². The number of nitrogen functional groups attached to an aromatic ring is 1. The number of nitrogens with zero attached hydrogens (tertiary/aromatic N) is 4. The monoisotopic (exact) mass is 232 g/mol. The van der Waals surface area contributed by atoms with E-state index in [2.05, 4.69) is 15.1 Å². The molecule has 0 fully saturated rings. The van der Waals surface area contributed by atoms with E-state index in [1.54, 1.807) is 14.0 Å². The first-order chi connectivity index (χ1) is 7.99. The largest absolute Gasteiger partial charge is 0.382 e. The van der Waals surface area contributed by atoms with Crippen LogP contribution in [0, 0.1) is 6.92 Å². The fourth-order valence-electron chi connectivity index (χ4n) is 1.43. The molecule has 0 spiro atoms. The van der Waals surface area contributed by atoms with Crippen LogP contribution < -0.4 is 11.5 Å². The highest BCUT2D eigenvalue weighted by Gasteiger charge is 2.13. The number of carbonyl (C=O) groups is 1. The third-order valence-electron chi connectivity index (χ3n) is 2.33. The zero-order valence-corrected chi connectivity index (χ0v) is 9.51. The Morgan fingerprint density at radius 1 is 1.35 bits per heavy atom. The average molecular weight is 232 g/mol. The molecule has 1 aromatic rings. The van der Waals surface area contributed by atoms with Crippen molar-refractivity contribution in [3.05, 3.63) is 17.8 Å². The molecule has 0 bridgehead atoms. The number of hydrogen-bond donors (Lipinski definition) is 2. The Morgan fingerprint density at radius 2 is 2.06 bits per heavy atom. The van der Waals surface area contributed by atoms with Crippen LogP contribution in [0.3, 0.4) is 0 Å². The summed E-state index contributed by atoms with van der Waals surface area (Å²) in [7, 11) is 1.73. The van der Waals surface area contributed by atoms with E-state index in [0.717, 1.165) is 0 Å². The Morgan fingerprint density at radius 3 is 2.59 bits per heavy atom. The minimum Gasteiger partial charge on any atom is -0.382 e. The van der Waals surface area contributed by atoms with Crippen LogP contribution in [0.4, 0.5) is 11.5 Å². The van der Waals surface area contributed by atoms with Crippen LogP contribution in [0.2, 0.25) is 0 Å². The fraction of sp³-hybridized carbons (Fsp3) is 0.200. The van der Waals surface area contributed by atoms with Gasteiger partial charge in [0.2, 0.25) is 5.78 Å². The lowest BCUT2D eigenvalue weighted by molar-refractivity contribution is -0.109. The zero-order valence-electron chi connectivity index (χ0n) is 9.51. The zero-order chi connectivity index (χ0) is 12.6. The second-order valence-corrected chi connectivity index (χ2v) is 3.61. The van der Waals surface area contributed by atoms with Crippen LogP contribution in [0.25, 0.3) is 0 Å². The number of carbonyl (C=O) groups excluding carboxylic acids is 1. The molecule has 0 saturated heterocycles. The lowest BCUT2D eigenvalue weighted by Gasteiger charge is -2.02. The average Bonchev–Trinajstić information content (AvgIpc) is 2.50. The van der Waals surface area contributed by atoms with E-state index < -0.39 is 0 Å². The number of hydrogen-bond acceptors (Lipinski definition) is 5. The van der Waals surface area contributed by atoms with E-state index in [-0.39, 0.29) is 11.6 Å². The minimum absolute atomic E-state index is 0.0774. The number of rotatable bonds is 1. The molecule has 1 aromatic heterocycles. The molecule has 0 aliphatic carbocycles. The first-order valence-corrected chi connectivity index (χ1v) is 4.93. The van der Waals surface area contributed by atoms with Gasteiger partial charge < -0.3 is 11.5 Å². The molecule has 0 atom stereocenters. The smallest absolute Gasteiger partial charge is 0.220 e. The number of dihydropyridines is 1. The number of anilines is 1. The summed E-state index contributed by atoms with van der Waals surface area (Å²) in [5.74, 6) is 0.380. The fourth-order valence-corrected chi connectivity index (χ4v) is 1.43. The summed E-state index contributed by atoms with van der Waals surface area (Å²) in [6, 6.07) is 0. The van der Waals surface area contributed by atoms with Gasteiger partial charge in [0.15, 0.2) is 11.7 Å². The SMILES string of the molecule is Cc1nn(C)c(N)c1/N=C1/C=CC(=O)C(N)=N1. The molecule has 1 aliphatic rings. The lowest BCUT2D eigenvalue weighted by atomic mass is 10.2. The molecule has 0 aromatic carbocycles. The summed E-state index contributed by atoms with van der Waals surface area (Å²) in [6.45, 7) is 1.79. The third kappa shape index (κ3) is 1.94. The number of aryl methyl sites for hydroxylation is 2. The van der Waals surface area contributed by atoms with Crippen molar-refractivity contribution in [2.24, 2.45) is 22.8 Å². The van der Waals surface area contributed by atoms with Gasteiger partial charge in [-0.3, -0.25) is 9.48 Å². The van der Waals surface area contributed by atoms with Crippen LogP contribution in [0.15, 0.2) is 22.1 Å². The highest BCUT2D eigenvalue weighted by Crippen LogP contribution is 2.25. The summed E-state index contributed by atoms with van der Waals surface area (Å²) in [6.07, 6.45) is 2.81. The summed E-state index contributed by atoms with van der Waals surface area (Å²) >= 11 is 0. The molecule has 0 amide bonds. The van der Waals surface area contributed by atoms with E-state index >= 15 is 0 Å². The van der Waals surface area contributed by atoms with Crippen LogP contribution >= 0.6 is 0 Å². The molecule has 7 heteroatoms. The Kier molecular flexibility index (Phi) is 2.51. The Bertz CT molecular complexity index is 578. The van der Waals surface area contributed by atoms with Crippen molar-refractivity contribution in [3.63, 3.8) is 0 Å². The van der Waals surface area contributed by atoms with E-state index in [9.17, 15) is 4.79 Å². The van der Waals surface area contributed by atoms with E-state index in [1.807, 2.05) is 0 Å². The van der Waals surface area contributed by atoms with Crippen LogP contribution in [-0.2, 0) is 11.8 Å². The van der Waals surface area contributed by atoms with Crippen LogP contribution in [-0.4, -0.2) is 27.2 Å². The lowest BCUT2D eigenvalue weighted by Crippen LogP contribution is -2.25. The van der Waals surface area contributed by atoms with Crippen molar-refractivity contribution in [1.29, 1.82) is 0 Å². The summed E-state index contributed by atoms with van der Waals surface area (Å²) in [4.78, 5) is 19.2. The Balaban J connectivity index is 2.44. The maximum absolute atomic E-state index is 11.1. The third-order valence-corrected chi connectivity index (χ3v) is 2.33. The topological polar surface area (TPSA) is 112 Å². The van der Waals surface area contributed by atoms with Crippen molar-refractivity contribution < 1.29 is 4.79 Å². The van der Waals surface area contributed by atoms with Gasteiger partial charge in [-0.25, -0.2) is 9.98 Å². The number of ketones is 1. The highest BCUT2D eigenvalue weighted by molar-refractivity contribution is 6.46. The molecule has 7 nitrogen and oxygen atoms in total. The maximum Gasteiger partial charge on any atom is 0.220 e. The first-order valence-electron chi connectivity index (χ1n) is 4.93. The van der Waals surface area contributed by atoms with Crippen molar-refractivity contribution in [2.75, 3.05) is 5.73 Å². The number of aliphatic imine (C=N–C) groups is 2. The number of amidine groups is 2. The van der Waals surface area contributed by atoms with Gasteiger partial charge >= 0.3 is 0 Å². The normalized spacial score (nSPS) is 17.6. The van der Waals surface area contributed by atoms with Gasteiger partial charge in [0.1, 0.15) is 11.5 Å². The quantitative estimate of drug-likeness (QED) is 0.700. The highest BCUT2D eigenvalue weighted by atomic mass is 16.1. The molecule has 17 heavy (non-hydrogen) atoms. The maximum atomic E-state index is 11.1. The van der Waals surface area contributed by atoms with Gasteiger partial charge in [-0.15, -0.1) is 0 Å². The van der Waals surface area contributed by atoms with Crippen LogP contribution in [0.5, 0.6) is 0 Å². The number of aromatic nitrogens is 2. The summed E-state index contributed by atoms with van der Waals surface area (Å²) in [5, 5.41) is 4.12. The van der Waals surface area contributed by atoms with E-state index in [0.29, 0.717) is 23.0 Å². The molecule has 4 N–H and O–H groups in total. The van der Waals surface area contributed by atoms with E-state index in [1.165, 1.54) is 16.8 Å². The molecular formula is C10H12N6O. The van der Waals surface area contributed by atoms with Crippen molar-refractivity contribution >= 4 is 29.0 Å². The first kappa shape index (κ1) is 11.1. The predicted octanol–water partition coefficient (Wildman–Crippen LogP) is -0.163. The van der Waals surface area contributed by atoms with Crippen molar-refractivity contribution in [1.82, 2.24) is 9.78 Å². The molecule has 88 valence electrons. The second-order valence-electron chi connectivity index (χ2n) is 3.61. The number of nitrogens with two attached hydrogens (primary N) is 2.